The Morgan fingerprint density at radius 2 is 2.18 bits per heavy atom. The SMILES string of the molecule is OC(COc1cccc(Br)c1)C1CCNCC1. The third kappa shape index (κ3) is 3.98. The number of aliphatic hydroxyl groups excluding tert-OH is 1. The lowest BCUT2D eigenvalue weighted by atomic mass is 9.93. The van der Waals surface area contributed by atoms with Crippen LogP contribution in [-0.4, -0.2) is 30.9 Å². The smallest absolute Gasteiger partial charge is 0.120 e. The summed E-state index contributed by atoms with van der Waals surface area (Å²) in [6, 6.07) is 7.70. The lowest BCUT2D eigenvalue weighted by Crippen LogP contribution is -2.36. The molecule has 0 saturated carbocycles. The molecule has 94 valence electrons. The fraction of sp³-hybridized carbons (Fsp3) is 0.538. The highest BCUT2D eigenvalue weighted by atomic mass is 79.9. The molecule has 1 unspecified atom stereocenters. The van der Waals surface area contributed by atoms with Gasteiger partial charge in [0.2, 0.25) is 0 Å². The van der Waals surface area contributed by atoms with E-state index in [-0.39, 0.29) is 6.10 Å². The quantitative estimate of drug-likeness (QED) is 0.895. The van der Waals surface area contributed by atoms with Gasteiger partial charge in [-0.2, -0.15) is 0 Å². The molecule has 1 aliphatic heterocycles. The van der Waals surface area contributed by atoms with E-state index in [0.29, 0.717) is 12.5 Å². The van der Waals surface area contributed by atoms with Crippen LogP contribution in [0.1, 0.15) is 12.8 Å². The molecule has 1 aromatic carbocycles. The van der Waals surface area contributed by atoms with Gasteiger partial charge < -0.3 is 15.2 Å². The molecule has 1 saturated heterocycles. The standard InChI is InChI=1S/C13H18BrNO2/c14-11-2-1-3-12(8-11)17-9-13(16)10-4-6-15-7-5-10/h1-3,8,10,13,15-16H,4-7,9H2. The highest BCUT2D eigenvalue weighted by Crippen LogP contribution is 2.20. The Hall–Kier alpha value is -0.580. The first-order chi connectivity index (χ1) is 8.25. The second kappa shape index (κ2) is 6.38. The Labute approximate surface area is 110 Å². The second-order valence-corrected chi connectivity index (χ2v) is 5.34. The Morgan fingerprint density at radius 3 is 2.88 bits per heavy atom. The van der Waals surface area contributed by atoms with Crippen molar-refractivity contribution in [2.45, 2.75) is 18.9 Å². The van der Waals surface area contributed by atoms with Crippen molar-refractivity contribution in [1.82, 2.24) is 5.32 Å². The summed E-state index contributed by atoms with van der Waals surface area (Å²) in [5, 5.41) is 13.3. The van der Waals surface area contributed by atoms with Crippen LogP contribution >= 0.6 is 15.9 Å². The van der Waals surface area contributed by atoms with E-state index in [1.54, 1.807) is 0 Å². The molecule has 2 N–H and O–H groups in total. The zero-order valence-electron chi connectivity index (χ0n) is 9.73. The third-order valence-corrected chi connectivity index (χ3v) is 3.64. The van der Waals surface area contributed by atoms with Crippen LogP contribution < -0.4 is 10.1 Å². The summed E-state index contributed by atoms with van der Waals surface area (Å²) < 4.78 is 6.59. The lowest BCUT2D eigenvalue weighted by Gasteiger charge is -2.27. The van der Waals surface area contributed by atoms with Crippen molar-refractivity contribution in [3.63, 3.8) is 0 Å². The van der Waals surface area contributed by atoms with Gasteiger partial charge in [0.25, 0.3) is 0 Å². The van der Waals surface area contributed by atoms with Gasteiger partial charge in [-0.05, 0) is 50.0 Å². The van der Waals surface area contributed by atoms with Crippen molar-refractivity contribution in [3.8, 4) is 5.75 Å². The summed E-state index contributed by atoms with van der Waals surface area (Å²) in [4.78, 5) is 0. The summed E-state index contributed by atoms with van der Waals surface area (Å²) >= 11 is 3.40. The predicted molar refractivity (Wildman–Crippen MR) is 71.2 cm³/mol. The molecule has 0 radical (unpaired) electrons. The molecule has 0 aliphatic carbocycles. The summed E-state index contributed by atoms with van der Waals surface area (Å²) in [5.74, 6) is 1.16. The van der Waals surface area contributed by atoms with E-state index in [0.717, 1.165) is 36.2 Å². The van der Waals surface area contributed by atoms with Crippen molar-refractivity contribution in [2.75, 3.05) is 19.7 Å². The van der Waals surface area contributed by atoms with Crippen LogP contribution in [0.25, 0.3) is 0 Å². The zero-order valence-corrected chi connectivity index (χ0v) is 11.3. The van der Waals surface area contributed by atoms with Crippen LogP contribution in [0.15, 0.2) is 28.7 Å². The Bertz CT molecular complexity index is 353. The number of rotatable bonds is 4. The van der Waals surface area contributed by atoms with E-state index in [1.807, 2.05) is 24.3 Å². The maximum absolute atomic E-state index is 10.0. The molecular formula is C13H18BrNO2. The van der Waals surface area contributed by atoms with Gasteiger partial charge in [-0.3, -0.25) is 0 Å². The Morgan fingerprint density at radius 1 is 1.41 bits per heavy atom. The molecule has 4 heteroatoms. The molecule has 17 heavy (non-hydrogen) atoms. The topological polar surface area (TPSA) is 41.5 Å². The van der Waals surface area contributed by atoms with Gasteiger partial charge in [0.15, 0.2) is 0 Å². The Kier molecular flexibility index (Phi) is 4.83. The molecule has 1 fully saturated rings. The van der Waals surface area contributed by atoms with Gasteiger partial charge in [0.1, 0.15) is 12.4 Å². The van der Waals surface area contributed by atoms with E-state index < -0.39 is 0 Å². The van der Waals surface area contributed by atoms with E-state index >= 15 is 0 Å². The second-order valence-electron chi connectivity index (χ2n) is 4.42. The van der Waals surface area contributed by atoms with Crippen molar-refractivity contribution in [2.24, 2.45) is 5.92 Å². The number of hydrogen-bond acceptors (Lipinski definition) is 3. The van der Waals surface area contributed by atoms with Crippen LogP contribution in [0.4, 0.5) is 0 Å². The maximum Gasteiger partial charge on any atom is 0.120 e. The molecule has 1 atom stereocenters. The first-order valence-electron chi connectivity index (χ1n) is 6.03. The molecule has 3 nitrogen and oxygen atoms in total. The Balaban J connectivity index is 1.80. The van der Waals surface area contributed by atoms with Crippen LogP contribution in [0.5, 0.6) is 5.75 Å². The van der Waals surface area contributed by atoms with Gasteiger partial charge in [0, 0.05) is 4.47 Å². The first kappa shape index (κ1) is 12.9. The molecule has 0 aromatic heterocycles. The van der Waals surface area contributed by atoms with Crippen LogP contribution in [-0.2, 0) is 0 Å². The maximum atomic E-state index is 10.0. The van der Waals surface area contributed by atoms with Crippen LogP contribution in [0.2, 0.25) is 0 Å². The summed E-state index contributed by atoms with van der Waals surface area (Å²) in [5.41, 5.74) is 0. The number of nitrogens with one attached hydrogen (secondary N) is 1. The van der Waals surface area contributed by atoms with Crippen molar-refractivity contribution >= 4 is 15.9 Å². The van der Waals surface area contributed by atoms with Crippen LogP contribution in [0, 0.1) is 5.92 Å². The lowest BCUT2D eigenvalue weighted by molar-refractivity contribution is 0.0442. The molecule has 0 bridgehead atoms. The van der Waals surface area contributed by atoms with Crippen molar-refractivity contribution in [1.29, 1.82) is 0 Å². The molecule has 1 heterocycles. The van der Waals surface area contributed by atoms with Gasteiger partial charge in [-0.15, -0.1) is 0 Å². The third-order valence-electron chi connectivity index (χ3n) is 3.14. The van der Waals surface area contributed by atoms with Crippen molar-refractivity contribution in [3.05, 3.63) is 28.7 Å². The van der Waals surface area contributed by atoms with Crippen LogP contribution in [0.3, 0.4) is 0 Å². The highest BCUT2D eigenvalue weighted by Gasteiger charge is 2.21. The average Bonchev–Trinajstić information content (AvgIpc) is 2.37. The van der Waals surface area contributed by atoms with E-state index in [9.17, 15) is 5.11 Å². The van der Waals surface area contributed by atoms with Gasteiger partial charge >= 0.3 is 0 Å². The number of halogens is 1. The van der Waals surface area contributed by atoms with E-state index in [1.165, 1.54) is 0 Å². The monoisotopic (exact) mass is 299 g/mol. The largest absolute Gasteiger partial charge is 0.491 e. The molecule has 1 aliphatic rings. The number of benzene rings is 1. The summed E-state index contributed by atoms with van der Waals surface area (Å²) in [6.45, 7) is 2.37. The van der Waals surface area contributed by atoms with Gasteiger partial charge in [0.05, 0.1) is 6.10 Å². The fourth-order valence-corrected chi connectivity index (χ4v) is 2.48. The fourth-order valence-electron chi connectivity index (χ4n) is 2.10. The summed E-state index contributed by atoms with van der Waals surface area (Å²) in [6.07, 6.45) is 1.70. The average molecular weight is 300 g/mol. The number of aliphatic hydroxyl groups is 1. The van der Waals surface area contributed by atoms with Gasteiger partial charge in [-0.25, -0.2) is 0 Å². The predicted octanol–water partition coefficient (Wildman–Crippen LogP) is 2.19. The van der Waals surface area contributed by atoms with E-state index in [2.05, 4.69) is 21.2 Å². The number of piperidine rings is 1. The summed E-state index contributed by atoms with van der Waals surface area (Å²) in [7, 11) is 0. The molecule has 1 aromatic rings. The minimum Gasteiger partial charge on any atom is -0.491 e. The normalized spacial score (nSPS) is 18.9. The molecule has 0 spiro atoms. The van der Waals surface area contributed by atoms with E-state index in [4.69, 9.17) is 4.74 Å². The molecule has 0 amide bonds. The zero-order chi connectivity index (χ0) is 12.1. The molecular weight excluding hydrogens is 282 g/mol. The highest BCUT2D eigenvalue weighted by molar-refractivity contribution is 9.10. The molecule has 2 rings (SSSR count). The minimum atomic E-state index is -0.365. The minimum absolute atomic E-state index is 0.364. The number of hydrogen-bond donors (Lipinski definition) is 2. The van der Waals surface area contributed by atoms with Gasteiger partial charge in [-0.1, -0.05) is 22.0 Å². The number of ether oxygens (including phenoxy) is 1. The van der Waals surface area contributed by atoms with Crippen molar-refractivity contribution < 1.29 is 9.84 Å². The first-order valence-corrected chi connectivity index (χ1v) is 6.82.